The van der Waals surface area contributed by atoms with Crippen LogP contribution < -0.4 is 15.6 Å². The molecule has 24 heavy (non-hydrogen) atoms. The number of nitrogens with one attached hydrogen (secondary N) is 2. The van der Waals surface area contributed by atoms with Crippen LogP contribution in [0.4, 0.5) is 5.95 Å². The van der Waals surface area contributed by atoms with E-state index in [1.807, 2.05) is 54.6 Å². The molecule has 0 amide bonds. The fraction of sp³-hybridized carbons (Fsp3) is 0.167. The highest BCUT2D eigenvalue weighted by molar-refractivity contribution is 5.36. The molecular formula is C18H18N4O2. The lowest BCUT2D eigenvalue weighted by Crippen LogP contribution is -2.19. The van der Waals surface area contributed by atoms with Gasteiger partial charge in [-0.1, -0.05) is 48.5 Å². The summed E-state index contributed by atoms with van der Waals surface area (Å²) in [5, 5.41) is 11.1. The number of H-pyrrole nitrogens is 1. The summed E-state index contributed by atoms with van der Waals surface area (Å²) in [6, 6.07) is 17.4. The summed E-state index contributed by atoms with van der Waals surface area (Å²) in [5.41, 5.74) is 2.14. The maximum Gasteiger partial charge on any atom is 0.274 e. The zero-order valence-electron chi connectivity index (χ0n) is 13.3. The number of aromatic amines is 1. The number of rotatable bonds is 6. The number of ether oxygens (including phenoxy) is 1. The summed E-state index contributed by atoms with van der Waals surface area (Å²) >= 11 is 0. The molecule has 3 aromatic rings. The molecule has 0 atom stereocenters. The monoisotopic (exact) mass is 322 g/mol. The van der Waals surface area contributed by atoms with Crippen LogP contribution in [0.1, 0.15) is 16.8 Å². The van der Waals surface area contributed by atoms with Crippen molar-refractivity contribution in [1.82, 2.24) is 15.2 Å². The van der Waals surface area contributed by atoms with Gasteiger partial charge in [0, 0.05) is 18.5 Å². The van der Waals surface area contributed by atoms with E-state index in [-0.39, 0.29) is 5.56 Å². The standard InChI is InChI=1S/C18H18N4O2/c1-24-16-10-6-5-9-14(16)12-19-18-20-17(23)15(21-22-18)11-13-7-3-2-4-8-13/h2-10H,11-12H2,1H3,(H2,19,20,22,23). The summed E-state index contributed by atoms with van der Waals surface area (Å²) in [7, 11) is 1.62. The number of hydrogen-bond donors (Lipinski definition) is 2. The Kier molecular flexibility index (Phi) is 4.86. The van der Waals surface area contributed by atoms with Crippen LogP contribution in [0.5, 0.6) is 5.75 Å². The van der Waals surface area contributed by atoms with E-state index in [0.29, 0.717) is 24.6 Å². The lowest BCUT2D eigenvalue weighted by atomic mass is 10.1. The zero-order chi connectivity index (χ0) is 16.8. The summed E-state index contributed by atoms with van der Waals surface area (Å²) in [6.07, 6.45) is 0.454. The first-order valence-corrected chi connectivity index (χ1v) is 7.62. The van der Waals surface area contributed by atoms with Gasteiger partial charge in [-0.05, 0) is 11.6 Å². The number of nitrogens with zero attached hydrogens (tertiary/aromatic N) is 2. The van der Waals surface area contributed by atoms with Gasteiger partial charge in [0.15, 0.2) is 0 Å². The van der Waals surface area contributed by atoms with Crippen LogP contribution in [0.3, 0.4) is 0 Å². The van der Waals surface area contributed by atoms with E-state index in [9.17, 15) is 4.79 Å². The molecule has 0 aliphatic rings. The zero-order valence-corrected chi connectivity index (χ0v) is 13.3. The summed E-state index contributed by atoms with van der Waals surface area (Å²) in [6.45, 7) is 0.479. The maximum atomic E-state index is 12.2. The summed E-state index contributed by atoms with van der Waals surface area (Å²) < 4.78 is 5.30. The molecule has 6 heteroatoms. The molecule has 0 saturated heterocycles. The second-order valence-corrected chi connectivity index (χ2v) is 5.28. The third-order valence-corrected chi connectivity index (χ3v) is 3.62. The van der Waals surface area contributed by atoms with Gasteiger partial charge in [-0.25, -0.2) is 0 Å². The Bertz CT molecular complexity index is 862. The van der Waals surface area contributed by atoms with Gasteiger partial charge in [-0.2, -0.15) is 0 Å². The van der Waals surface area contributed by atoms with E-state index in [2.05, 4.69) is 20.5 Å². The van der Waals surface area contributed by atoms with Crippen molar-refractivity contribution in [2.75, 3.05) is 12.4 Å². The minimum Gasteiger partial charge on any atom is -0.496 e. The van der Waals surface area contributed by atoms with Gasteiger partial charge in [0.25, 0.3) is 5.56 Å². The van der Waals surface area contributed by atoms with Crippen LogP contribution in [0, 0.1) is 0 Å². The first-order chi connectivity index (χ1) is 11.8. The van der Waals surface area contributed by atoms with Gasteiger partial charge in [0.05, 0.1) is 7.11 Å². The van der Waals surface area contributed by atoms with Crippen LogP contribution in [0.15, 0.2) is 59.4 Å². The van der Waals surface area contributed by atoms with Crippen molar-refractivity contribution in [1.29, 1.82) is 0 Å². The van der Waals surface area contributed by atoms with Gasteiger partial charge in [0.1, 0.15) is 11.4 Å². The van der Waals surface area contributed by atoms with Crippen LogP contribution >= 0.6 is 0 Å². The third kappa shape index (κ3) is 3.78. The Balaban J connectivity index is 1.70. The van der Waals surface area contributed by atoms with Gasteiger partial charge in [-0.15, -0.1) is 10.2 Å². The minimum absolute atomic E-state index is 0.239. The second-order valence-electron chi connectivity index (χ2n) is 5.28. The second kappa shape index (κ2) is 7.41. The molecular weight excluding hydrogens is 304 g/mol. The number of hydrogen-bond acceptors (Lipinski definition) is 5. The molecule has 0 unspecified atom stereocenters. The van der Waals surface area contributed by atoms with Crippen molar-refractivity contribution in [3.63, 3.8) is 0 Å². The topological polar surface area (TPSA) is 79.9 Å². The molecule has 0 aliphatic heterocycles. The van der Waals surface area contributed by atoms with Crippen molar-refractivity contribution < 1.29 is 4.74 Å². The highest BCUT2D eigenvalue weighted by atomic mass is 16.5. The third-order valence-electron chi connectivity index (χ3n) is 3.62. The number of methoxy groups -OCH3 is 1. The predicted molar refractivity (Wildman–Crippen MR) is 92.2 cm³/mol. The Morgan fingerprint density at radius 1 is 1.04 bits per heavy atom. The fourth-order valence-electron chi connectivity index (χ4n) is 2.37. The maximum absolute atomic E-state index is 12.2. The van der Waals surface area contributed by atoms with Crippen molar-refractivity contribution in [3.05, 3.63) is 81.8 Å². The Morgan fingerprint density at radius 3 is 2.54 bits per heavy atom. The van der Waals surface area contributed by atoms with Crippen molar-refractivity contribution in [2.24, 2.45) is 0 Å². The Morgan fingerprint density at radius 2 is 1.79 bits per heavy atom. The molecule has 2 aromatic carbocycles. The number of anilines is 1. The van der Waals surface area contributed by atoms with E-state index in [1.54, 1.807) is 7.11 Å². The molecule has 0 bridgehead atoms. The van der Waals surface area contributed by atoms with E-state index < -0.39 is 0 Å². The Hall–Kier alpha value is -3.15. The average molecular weight is 322 g/mol. The van der Waals surface area contributed by atoms with Gasteiger partial charge >= 0.3 is 0 Å². The quantitative estimate of drug-likeness (QED) is 0.728. The number of aromatic nitrogens is 3. The molecule has 2 N–H and O–H groups in total. The lowest BCUT2D eigenvalue weighted by Gasteiger charge is -2.09. The summed E-state index contributed by atoms with van der Waals surface area (Å²) in [5.74, 6) is 1.11. The molecule has 0 radical (unpaired) electrons. The van der Waals surface area contributed by atoms with Crippen LogP contribution in [-0.2, 0) is 13.0 Å². The molecule has 1 aromatic heterocycles. The van der Waals surface area contributed by atoms with Crippen LogP contribution in [0.25, 0.3) is 0 Å². The van der Waals surface area contributed by atoms with Crippen molar-refractivity contribution in [2.45, 2.75) is 13.0 Å². The largest absolute Gasteiger partial charge is 0.496 e. The highest BCUT2D eigenvalue weighted by Crippen LogP contribution is 2.17. The molecule has 0 aliphatic carbocycles. The molecule has 122 valence electrons. The average Bonchev–Trinajstić information content (AvgIpc) is 2.63. The molecule has 3 rings (SSSR count). The van der Waals surface area contributed by atoms with Gasteiger partial charge < -0.3 is 10.1 Å². The van der Waals surface area contributed by atoms with E-state index in [0.717, 1.165) is 16.9 Å². The van der Waals surface area contributed by atoms with Crippen molar-refractivity contribution >= 4 is 5.95 Å². The SMILES string of the molecule is COc1ccccc1CNc1nnc(Cc2ccccc2)c(=O)[nH]1. The van der Waals surface area contributed by atoms with Gasteiger partial charge in [0.2, 0.25) is 5.95 Å². The molecule has 1 heterocycles. The first-order valence-electron chi connectivity index (χ1n) is 7.62. The Labute approximate surface area is 139 Å². The molecule has 6 nitrogen and oxygen atoms in total. The van der Waals surface area contributed by atoms with E-state index >= 15 is 0 Å². The molecule has 0 fully saturated rings. The number of benzene rings is 2. The number of para-hydroxylation sites is 1. The normalized spacial score (nSPS) is 10.4. The van der Waals surface area contributed by atoms with E-state index in [4.69, 9.17) is 4.74 Å². The van der Waals surface area contributed by atoms with Gasteiger partial charge in [-0.3, -0.25) is 9.78 Å². The van der Waals surface area contributed by atoms with Crippen LogP contribution in [0.2, 0.25) is 0 Å². The molecule has 0 saturated carbocycles. The first kappa shape index (κ1) is 15.7. The lowest BCUT2D eigenvalue weighted by molar-refractivity contribution is 0.410. The van der Waals surface area contributed by atoms with Crippen molar-refractivity contribution in [3.8, 4) is 5.75 Å². The molecule has 0 spiro atoms. The fourth-order valence-corrected chi connectivity index (χ4v) is 2.37. The smallest absolute Gasteiger partial charge is 0.274 e. The predicted octanol–water partition coefficient (Wildman–Crippen LogP) is 2.38. The summed E-state index contributed by atoms with van der Waals surface area (Å²) in [4.78, 5) is 14.9. The highest BCUT2D eigenvalue weighted by Gasteiger charge is 2.07. The van der Waals surface area contributed by atoms with E-state index in [1.165, 1.54) is 0 Å². The van der Waals surface area contributed by atoms with Crippen LogP contribution in [-0.4, -0.2) is 22.3 Å². The minimum atomic E-state index is -0.239.